The van der Waals surface area contributed by atoms with Gasteiger partial charge in [-0.25, -0.2) is 8.42 Å². The third-order valence-corrected chi connectivity index (χ3v) is 6.40. The number of carbonyl (C=O) groups is 1. The average Bonchev–Trinajstić information content (AvgIpc) is 2.67. The maximum atomic E-state index is 13.2. The van der Waals surface area contributed by atoms with Crippen LogP contribution in [0.2, 0.25) is 0 Å². The molecule has 168 valence electrons. The summed E-state index contributed by atoms with van der Waals surface area (Å²) < 4.78 is 26.4. The van der Waals surface area contributed by atoms with Gasteiger partial charge in [-0.3, -0.25) is 19.2 Å². The van der Waals surface area contributed by atoms with Crippen LogP contribution in [0.3, 0.4) is 0 Å². The van der Waals surface area contributed by atoms with Crippen molar-refractivity contribution >= 4 is 27.3 Å². The number of aryl methyl sites for hydroxylation is 3. The van der Waals surface area contributed by atoms with Crippen LogP contribution in [0.5, 0.6) is 0 Å². The first-order valence-corrected chi connectivity index (χ1v) is 11.8. The van der Waals surface area contributed by atoms with E-state index in [1.54, 1.807) is 13.8 Å². The van der Waals surface area contributed by atoms with Crippen molar-refractivity contribution in [2.45, 2.75) is 53.1 Å². The Morgan fingerprint density at radius 2 is 1.74 bits per heavy atom. The zero-order valence-electron chi connectivity index (χ0n) is 18.7. The number of non-ortho nitro benzene ring substituents is 1. The number of amides is 1. The highest BCUT2D eigenvalue weighted by atomic mass is 32.2. The van der Waals surface area contributed by atoms with Crippen molar-refractivity contribution in [1.29, 1.82) is 0 Å². The molecule has 8 nitrogen and oxygen atoms in total. The fraction of sp³-hybridized carbons (Fsp3) is 0.409. The van der Waals surface area contributed by atoms with E-state index in [1.165, 1.54) is 18.2 Å². The lowest BCUT2D eigenvalue weighted by Gasteiger charge is -2.32. The first-order chi connectivity index (χ1) is 14.4. The van der Waals surface area contributed by atoms with Crippen LogP contribution in [0.25, 0.3) is 0 Å². The molecule has 2 atom stereocenters. The van der Waals surface area contributed by atoms with E-state index in [2.05, 4.69) is 5.32 Å². The summed E-state index contributed by atoms with van der Waals surface area (Å²) in [6.07, 6.45) is 1.19. The Labute approximate surface area is 183 Å². The first-order valence-electron chi connectivity index (χ1n) is 9.98. The molecule has 0 radical (unpaired) electrons. The Kier molecular flexibility index (Phi) is 7.43. The molecule has 0 saturated carbocycles. The molecule has 0 aliphatic rings. The summed E-state index contributed by atoms with van der Waals surface area (Å²) >= 11 is 0. The van der Waals surface area contributed by atoms with Crippen molar-refractivity contribution in [1.82, 2.24) is 5.32 Å². The fourth-order valence-corrected chi connectivity index (χ4v) is 4.86. The predicted octanol–water partition coefficient (Wildman–Crippen LogP) is 3.94. The van der Waals surface area contributed by atoms with Crippen LogP contribution in [0, 0.1) is 30.9 Å². The molecule has 2 rings (SSSR count). The van der Waals surface area contributed by atoms with Gasteiger partial charge in [0.25, 0.3) is 5.69 Å². The lowest BCUT2D eigenvalue weighted by atomic mass is 9.99. The standard InChI is InChI=1S/C22H29N3O5S/c1-7-20(22(26)23-17(5)19-12-14(2)8-9-15(19)3)24(31(6,29)30)21-13-18(25(27)28)11-10-16(21)4/h8-13,17,20H,7H2,1-6H3,(H,23,26)/t17-,20+/m1/s1. The third-order valence-electron chi connectivity index (χ3n) is 5.23. The van der Waals surface area contributed by atoms with Crippen molar-refractivity contribution < 1.29 is 18.1 Å². The largest absolute Gasteiger partial charge is 0.348 e. The van der Waals surface area contributed by atoms with E-state index < -0.39 is 26.9 Å². The zero-order chi connectivity index (χ0) is 23.5. The summed E-state index contributed by atoms with van der Waals surface area (Å²) in [7, 11) is -3.90. The highest BCUT2D eigenvalue weighted by Crippen LogP contribution is 2.30. The normalized spacial score (nSPS) is 13.4. The Morgan fingerprint density at radius 1 is 1.13 bits per heavy atom. The molecule has 0 heterocycles. The van der Waals surface area contributed by atoms with Crippen LogP contribution < -0.4 is 9.62 Å². The number of anilines is 1. The van der Waals surface area contributed by atoms with E-state index in [-0.39, 0.29) is 23.8 Å². The van der Waals surface area contributed by atoms with Gasteiger partial charge in [0.1, 0.15) is 6.04 Å². The van der Waals surface area contributed by atoms with Gasteiger partial charge in [0.05, 0.1) is 22.9 Å². The predicted molar refractivity (Wildman–Crippen MR) is 122 cm³/mol. The number of hydrogen-bond donors (Lipinski definition) is 1. The van der Waals surface area contributed by atoms with Crippen LogP contribution in [-0.4, -0.2) is 31.5 Å². The summed E-state index contributed by atoms with van der Waals surface area (Å²) in [6, 6.07) is 8.54. The molecule has 2 aromatic rings. The molecule has 9 heteroatoms. The minimum Gasteiger partial charge on any atom is -0.348 e. The summed E-state index contributed by atoms with van der Waals surface area (Å²) in [5.41, 5.74) is 3.41. The van der Waals surface area contributed by atoms with Gasteiger partial charge < -0.3 is 5.32 Å². The van der Waals surface area contributed by atoms with Gasteiger partial charge in [-0.15, -0.1) is 0 Å². The zero-order valence-corrected chi connectivity index (χ0v) is 19.5. The summed E-state index contributed by atoms with van der Waals surface area (Å²) in [5.74, 6) is -0.466. The van der Waals surface area contributed by atoms with Crippen LogP contribution in [0.15, 0.2) is 36.4 Å². The van der Waals surface area contributed by atoms with Gasteiger partial charge in [0, 0.05) is 12.1 Å². The van der Waals surface area contributed by atoms with Crippen molar-refractivity contribution in [2.24, 2.45) is 0 Å². The molecule has 1 N–H and O–H groups in total. The second-order valence-electron chi connectivity index (χ2n) is 7.80. The van der Waals surface area contributed by atoms with Crippen molar-refractivity contribution in [3.63, 3.8) is 0 Å². The lowest BCUT2D eigenvalue weighted by Crippen LogP contribution is -2.50. The second kappa shape index (κ2) is 9.47. The number of carbonyl (C=O) groups excluding carboxylic acids is 1. The molecule has 0 spiro atoms. The van der Waals surface area contributed by atoms with E-state index in [9.17, 15) is 23.3 Å². The molecule has 1 amide bonds. The molecule has 0 aliphatic heterocycles. The van der Waals surface area contributed by atoms with Crippen LogP contribution in [0.4, 0.5) is 11.4 Å². The number of rotatable bonds is 8. The van der Waals surface area contributed by atoms with Gasteiger partial charge in [-0.1, -0.05) is 36.8 Å². The van der Waals surface area contributed by atoms with Gasteiger partial charge in [0.2, 0.25) is 15.9 Å². The van der Waals surface area contributed by atoms with E-state index in [4.69, 9.17) is 0 Å². The molecule has 0 unspecified atom stereocenters. The Hall–Kier alpha value is -2.94. The number of nitro groups is 1. The van der Waals surface area contributed by atoms with Gasteiger partial charge >= 0.3 is 0 Å². The number of sulfonamides is 1. The SMILES string of the molecule is CC[C@@H](C(=O)N[C@H](C)c1cc(C)ccc1C)N(c1cc([N+](=O)[O-])ccc1C)S(C)(=O)=O. The maximum absolute atomic E-state index is 13.2. The summed E-state index contributed by atoms with van der Waals surface area (Å²) in [4.78, 5) is 23.8. The molecule has 0 aliphatic carbocycles. The quantitative estimate of drug-likeness (QED) is 0.487. The van der Waals surface area contributed by atoms with Gasteiger partial charge in [-0.05, 0) is 50.8 Å². The van der Waals surface area contributed by atoms with E-state index in [1.807, 2.05) is 39.0 Å². The van der Waals surface area contributed by atoms with Crippen LogP contribution in [0.1, 0.15) is 48.6 Å². The van der Waals surface area contributed by atoms with E-state index in [0.29, 0.717) is 5.56 Å². The Balaban J connectivity index is 2.46. The summed E-state index contributed by atoms with van der Waals surface area (Å²) in [6.45, 7) is 9.11. The number of benzene rings is 2. The molecular weight excluding hydrogens is 418 g/mol. The minimum absolute atomic E-state index is 0.123. The highest BCUT2D eigenvalue weighted by molar-refractivity contribution is 7.92. The molecule has 0 fully saturated rings. The molecule has 0 saturated heterocycles. The van der Waals surface area contributed by atoms with E-state index >= 15 is 0 Å². The number of nitrogens with zero attached hydrogens (tertiary/aromatic N) is 2. The van der Waals surface area contributed by atoms with E-state index in [0.717, 1.165) is 27.3 Å². The monoisotopic (exact) mass is 447 g/mol. The fourth-order valence-electron chi connectivity index (χ4n) is 3.60. The number of nitrogens with one attached hydrogen (secondary N) is 1. The second-order valence-corrected chi connectivity index (χ2v) is 9.66. The minimum atomic E-state index is -3.90. The van der Waals surface area contributed by atoms with Gasteiger partial charge in [0.15, 0.2) is 0 Å². The molecule has 2 aromatic carbocycles. The molecule has 31 heavy (non-hydrogen) atoms. The Bertz CT molecular complexity index is 1100. The number of hydrogen-bond acceptors (Lipinski definition) is 5. The highest BCUT2D eigenvalue weighted by Gasteiger charge is 2.34. The molecular formula is C22H29N3O5S. The number of nitro benzene ring substituents is 1. The van der Waals surface area contributed by atoms with Crippen molar-refractivity contribution in [3.8, 4) is 0 Å². The smallest absolute Gasteiger partial charge is 0.271 e. The molecule has 0 aromatic heterocycles. The first kappa shape index (κ1) is 24.3. The van der Waals surface area contributed by atoms with Crippen LogP contribution >= 0.6 is 0 Å². The molecule has 0 bridgehead atoms. The lowest BCUT2D eigenvalue weighted by molar-refractivity contribution is -0.384. The maximum Gasteiger partial charge on any atom is 0.271 e. The summed E-state index contributed by atoms with van der Waals surface area (Å²) in [5, 5.41) is 14.1. The van der Waals surface area contributed by atoms with Crippen molar-refractivity contribution in [3.05, 3.63) is 68.8 Å². The van der Waals surface area contributed by atoms with Crippen molar-refractivity contribution in [2.75, 3.05) is 10.6 Å². The van der Waals surface area contributed by atoms with Crippen LogP contribution in [-0.2, 0) is 14.8 Å². The Morgan fingerprint density at radius 3 is 2.29 bits per heavy atom. The van der Waals surface area contributed by atoms with Gasteiger partial charge in [-0.2, -0.15) is 0 Å². The third kappa shape index (κ3) is 5.61. The topological polar surface area (TPSA) is 110 Å². The average molecular weight is 448 g/mol.